The fraction of sp³-hybridized carbons (Fsp3) is 0.200. The van der Waals surface area contributed by atoms with E-state index in [1.54, 1.807) is 11.3 Å². The summed E-state index contributed by atoms with van der Waals surface area (Å²) < 4.78 is 2.18. The number of hydrogen-bond acceptors (Lipinski definition) is 8. The fourth-order valence-corrected chi connectivity index (χ4v) is 6.74. The summed E-state index contributed by atoms with van der Waals surface area (Å²) in [7, 11) is 2.09. The molecule has 0 saturated carbocycles. The molecule has 6 rings (SSSR count). The van der Waals surface area contributed by atoms with Crippen LogP contribution in [0.4, 0.5) is 5.69 Å². The molecular weight excluding hydrogens is 633 g/mol. The first-order valence-corrected chi connectivity index (χ1v) is 17.1. The Hall–Kier alpha value is -5.54. The number of oxime groups is 2. The van der Waals surface area contributed by atoms with Crippen LogP contribution in [0.3, 0.4) is 0 Å². The van der Waals surface area contributed by atoms with Crippen molar-refractivity contribution in [1.29, 1.82) is 0 Å². The quantitative estimate of drug-likeness (QED) is 0.0737. The van der Waals surface area contributed by atoms with Crippen molar-refractivity contribution in [3.63, 3.8) is 0 Å². The van der Waals surface area contributed by atoms with Gasteiger partial charge in [-0.3, -0.25) is 0 Å². The lowest BCUT2D eigenvalue weighted by molar-refractivity contribution is -0.141. The van der Waals surface area contributed by atoms with E-state index >= 15 is 0 Å². The minimum atomic E-state index is -0.470. The predicted molar refractivity (Wildman–Crippen MR) is 199 cm³/mol. The zero-order valence-electron chi connectivity index (χ0n) is 28.1. The van der Waals surface area contributed by atoms with Crippen molar-refractivity contribution in [3.8, 4) is 5.69 Å². The van der Waals surface area contributed by atoms with Crippen molar-refractivity contribution in [1.82, 2.24) is 4.57 Å². The molecule has 0 aliphatic carbocycles. The lowest BCUT2D eigenvalue weighted by Gasteiger charge is -2.19. The lowest BCUT2D eigenvalue weighted by atomic mass is 10.00. The highest BCUT2D eigenvalue weighted by Crippen LogP contribution is 2.34. The SMILES string of the molecule is CC(=O)O/N=C(\C)c1ccc(-n2cc(/C(CCCc3ccccc3)=N/OC(C)=O)c3cc(N(C)Cc4ccsc4)ccc32)c2ccccc12. The normalized spacial score (nSPS) is 12.0. The zero-order chi connectivity index (χ0) is 34.3. The van der Waals surface area contributed by atoms with Crippen LogP contribution in [0.5, 0.6) is 0 Å². The zero-order valence-corrected chi connectivity index (χ0v) is 28.9. The van der Waals surface area contributed by atoms with Gasteiger partial charge in [-0.1, -0.05) is 71.0 Å². The Morgan fingerprint density at radius 1 is 0.776 bits per heavy atom. The number of nitrogens with zero attached hydrogens (tertiary/aromatic N) is 4. The maximum atomic E-state index is 12.0. The largest absolute Gasteiger partial charge is 0.370 e. The van der Waals surface area contributed by atoms with Crippen LogP contribution < -0.4 is 4.90 Å². The van der Waals surface area contributed by atoms with Crippen LogP contribution in [0.2, 0.25) is 0 Å². The Morgan fingerprint density at radius 3 is 2.24 bits per heavy atom. The molecule has 0 N–H and O–H groups in total. The molecule has 6 aromatic rings. The van der Waals surface area contributed by atoms with E-state index < -0.39 is 11.9 Å². The Morgan fingerprint density at radius 2 is 1.51 bits per heavy atom. The van der Waals surface area contributed by atoms with Gasteiger partial charge in [-0.15, -0.1) is 0 Å². The Balaban J connectivity index is 1.49. The smallest absolute Gasteiger partial charge is 0.331 e. The third-order valence-electron chi connectivity index (χ3n) is 8.41. The number of rotatable bonds is 12. The highest BCUT2D eigenvalue weighted by Gasteiger charge is 2.20. The van der Waals surface area contributed by atoms with Gasteiger partial charge in [-0.2, -0.15) is 11.3 Å². The number of anilines is 1. The summed E-state index contributed by atoms with van der Waals surface area (Å²) >= 11 is 1.69. The van der Waals surface area contributed by atoms with E-state index in [1.807, 2.05) is 49.4 Å². The molecule has 49 heavy (non-hydrogen) atoms. The van der Waals surface area contributed by atoms with Gasteiger partial charge in [0.05, 0.1) is 22.6 Å². The molecule has 0 amide bonds. The van der Waals surface area contributed by atoms with E-state index in [1.165, 1.54) is 25.0 Å². The maximum Gasteiger partial charge on any atom is 0.331 e. The Labute approximate surface area is 289 Å². The first kappa shape index (κ1) is 33.4. The Bertz CT molecular complexity index is 2170. The van der Waals surface area contributed by atoms with E-state index in [-0.39, 0.29) is 0 Å². The molecule has 4 aromatic carbocycles. The van der Waals surface area contributed by atoms with Gasteiger partial charge >= 0.3 is 11.9 Å². The molecule has 0 saturated heterocycles. The molecule has 0 unspecified atom stereocenters. The molecule has 0 radical (unpaired) electrons. The number of thiophene rings is 1. The van der Waals surface area contributed by atoms with Gasteiger partial charge in [0, 0.05) is 61.2 Å². The summed E-state index contributed by atoms with van der Waals surface area (Å²) in [5, 5.41) is 15.7. The van der Waals surface area contributed by atoms with Gasteiger partial charge in [0.25, 0.3) is 0 Å². The van der Waals surface area contributed by atoms with Crippen molar-refractivity contribution < 1.29 is 19.3 Å². The molecule has 0 spiro atoms. The van der Waals surface area contributed by atoms with Crippen LogP contribution >= 0.6 is 11.3 Å². The second-order valence-electron chi connectivity index (χ2n) is 12.0. The van der Waals surface area contributed by atoms with E-state index in [9.17, 15) is 9.59 Å². The predicted octanol–water partition coefficient (Wildman–Crippen LogP) is 9.06. The van der Waals surface area contributed by atoms with Crippen LogP contribution in [0.1, 0.15) is 55.9 Å². The summed E-state index contributed by atoms with van der Waals surface area (Å²) in [6.45, 7) is 5.30. The van der Waals surface area contributed by atoms with E-state index in [0.717, 1.165) is 63.6 Å². The Kier molecular flexibility index (Phi) is 10.3. The number of carbonyl (C=O) groups excluding carboxylic acids is 2. The van der Waals surface area contributed by atoms with Crippen molar-refractivity contribution in [2.75, 3.05) is 11.9 Å². The molecule has 8 nitrogen and oxygen atoms in total. The average Bonchev–Trinajstić information content (AvgIpc) is 3.76. The first-order chi connectivity index (χ1) is 23.8. The average molecular weight is 671 g/mol. The number of benzene rings is 4. The number of hydrogen-bond donors (Lipinski definition) is 0. The van der Waals surface area contributed by atoms with Crippen LogP contribution in [0.25, 0.3) is 27.4 Å². The van der Waals surface area contributed by atoms with Crippen molar-refractivity contribution in [3.05, 3.63) is 130 Å². The molecule has 2 heterocycles. The molecule has 2 aromatic heterocycles. The maximum absolute atomic E-state index is 12.0. The van der Waals surface area contributed by atoms with Gasteiger partial charge in [0.2, 0.25) is 0 Å². The van der Waals surface area contributed by atoms with Crippen LogP contribution in [-0.2, 0) is 32.2 Å². The molecular formula is C40H38N4O4S. The third-order valence-corrected chi connectivity index (χ3v) is 9.14. The minimum absolute atomic E-state index is 0.465. The summed E-state index contributed by atoms with van der Waals surface area (Å²) in [5.74, 6) is -0.935. The summed E-state index contributed by atoms with van der Waals surface area (Å²) in [5.41, 5.74) is 8.59. The number of aromatic nitrogens is 1. The van der Waals surface area contributed by atoms with E-state index in [2.05, 4.69) is 92.3 Å². The summed E-state index contributed by atoms with van der Waals surface area (Å²) in [4.78, 5) is 36.0. The molecule has 0 aliphatic rings. The highest BCUT2D eigenvalue weighted by atomic mass is 32.1. The van der Waals surface area contributed by atoms with Crippen molar-refractivity contribution in [2.45, 2.75) is 46.6 Å². The standard InChI is InChI=1S/C40H38N4O4S/c1-27(41-47-28(2)45)33-18-20-39(35-15-9-8-14-34(33)35)44-25-37(38(42-48-29(3)46)16-10-13-30-11-6-5-7-12-30)36-23-32(17-19-40(36)44)43(4)24-31-21-22-49-26-31/h5-9,11-12,14-15,17-23,25-26H,10,13,16,24H2,1-4H3/b41-27+,42-38+. The monoisotopic (exact) mass is 670 g/mol. The molecule has 0 aliphatic heterocycles. The summed E-state index contributed by atoms with van der Waals surface area (Å²) in [6, 6.07) is 31.2. The van der Waals surface area contributed by atoms with Gasteiger partial charge in [0.15, 0.2) is 0 Å². The highest BCUT2D eigenvalue weighted by molar-refractivity contribution is 7.07. The van der Waals surface area contributed by atoms with Crippen LogP contribution in [0, 0.1) is 0 Å². The minimum Gasteiger partial charge on any atom is -0.370 e. The van der Waals surface area contributed by atoms with Crippen LogP contribution in [0.15, 0.2) is 118 Å². The molecule has 0 bridgehead atoms. The van der Waals surface area contributed by atoms with Crippen molar-refractivity contribution >= 4 is 62.1 Å². The van der Waals surface area contributed by atoms with Gasteiger partial charge in [-0.05, 0) is 83.8 Å². The van der Waals surface area contributed by atoms with Crippen molar-refractivity contribution in [2.24, 2.45) is 10.3 Å². The molecule has 0 atom stereocenters. The number of carbonyl (C=O) groups is 2. The van der Waals surface area contributed by atoms with Gasteiger partial charge in [-0.25, -0.2) is 9.59 Å². The van der Waals surface area contributed by atoms with Gasteiger partial charge in [0.1, 0.15) is 0 Å². The first-order valence-electron chi connectivity index (χ1n) is 16.2. The molecule has 248 valence electrons. The second-order valence-corrected chi connectivity index (χ2v) is 12.8. The van der Waals surface area contributed by atoms with Gasteiger partial charge < -0.3 is 19.1 Å². The van der Waals surface area contributed by atoms with E-state index in [4.69, 9.17) is 9.68 Å². The number of fused-ring (bicyclic) bond motifs is 2. The van der Waals surface area contributed by atoms with Crippen LogP contribution in [-0.4, -0.2) is 35.0 Å². The second kappa shape index (κ2) is 15.1. The summed E-state index contributed by atoms with van der Waals surface area (Å²) in [6.07, 6.45) is 4.40. The third kappa shape index (κ3) is 7.79. The lowest BCUT2D eigenvalue weighted by Crippen LogP contribution is -2.15. The molecule has 0 fully saturated rings. The topological polar surface area (TPSA) is 85.5 Å². The fourth-order valence-electron chi connectivity index (χ4n) is 6.08. The molecule has 9 heteroatoms. The van der Waals surface area contributed by atoms with E-state index in [0.29, 0.717) is 17.8 Å². The number of aryl methyl sites for hydroxylation is 1.